The van der Waals surface area contributed by atoms with Gasteiger partial charge in [0.1, 0.15) is 0 Å². The SMILES string of the molecule is O=C(O)Cc1ccc(CNCCSC(F)(F)F)cc1. The van der Waals surface area contributed by atoms with Crippen molar-refractivity contribution >= 4 is 17.7 Å². The second kappa shape index (κ2) is 7.40. The molecule has 0 unspecified atom stereocenters. The standard InChI is InChI=1S/C12H14F3NO2S/c13-12(14,15)19-6-5-16-8-10-3-1-9(2-4-10)7-11(17)18/h1-4,16H,5-8H2,(H,17,18). The summed E-state index contributed by atoms with van der Waals surface area (Å²) in [7, 11) is 0. The van der Waals surface area contributed by atoms with Crippen LogP contribution in [0, 0.1) is 0 Å². The van der Waals surface area contributed by atoms with Gasteiger partial charge in [-0.05, 0) is 22.9 Å². The Balaban J connectivity index is 2.25. The van der Waals surface area contributed by atoms with E-state index in [2.05, 4.69) is 5.32 Å². The molecule has 0 bridgehead atoms. The zero-order valence-electron chi connectivity index (χ0n) is 10.0. The first-order valence-corrected chi connectivity index (χ1v) is 6.56. The van der Waals surface area contributed by atoms with Gasteiger partial charge in [0.15, 0.2) is 0 Å². The maximum absolute atomic E-state index is 11.8. The predicted molar refractivity (Wildman–Crippen MR) is 68.0 cm³/mol. The number of carboxylic acid groups (broad SMARTS) is 1. The Labute approximate surface area is 113 Å². The average Bonchev–Trinajstić information content (AvgIpc) is 2.28. The lowest BCUT2D eigenvalue weighted by Crippen LogP contribution is -2.18. The fourth-order valence-corrected chi connectivity index (χ4v) is 1.90. The molecule has 1 aromatic carbocycles. The molecule has 0 saturated heterocycles. The topological polar surface area (TPSA) is 49.3 Å². The Kier molecular flexibility index (Phi) is 6.17. The highest BCUT2D eigenvalue weighted by molar-refractivity contribution is 8.00. The summed E-state index contributed by atoms with van der Waals surface area (Å²) in [4.78, 5) is 10.5. The Morgan fingerprint density at radius 2 is 1.79 bits per heavy atom. The number of thioether (sulfide) groups is 1. The lowest BCUT2D eigenvalue weighted by atomic mass is 10.1. The van der Waals surface area contributed by atoms with Gasteiger partial charge in [0.05, 0.1) is 6.42 Å². The van der Waals surface area contributed by atoms with Crippen LogP contribution in [0.3, 0.4) is 0 Å². The van der Waals surface area contributed by atoms with Gasteiger partial charge in [0.25, 0.3) is 0 Å². The molecule has 0 saturated carbocycles. The van der Waals surface area contributed by atoms with Crippen molar-refractivity contribution in [3.8, 4) is 0 Å². The smallest absolute Gasteiger partial charge is 0.441 e. The van der Waals surface area contributed by atoms with Crippen LogP contribution in [0.25, 0.3) is 0 Å². The van der Waals surface area contributed by atoms with E-state index in [9.17, 15) is 18.0 Å². The zero-order valence-corrected chi connectivity index (χ0v) is 10.9. The molecule has 1 aromatic rings. The Bertz CT molecular complexity index is 406. The number of hydrogen-bond donors (Lipinski definition) is 2. The quantitative estimate of drug-likeness (QED) is 0.759. The fraction of sp³-hybridized carbons (Fsp3) is 0.417. The van der Waals surface area contributed by atoms with Crippen LogP contribution >= 0.6 is 11.8 Å². The van der Waals surface area contributed by atoms with Crippen molar-refractivity contribution < 1.29 is 23.1 Å². The number of carbonyl (C=O) groups is 1. The summed E-state index contributed by atoms with van der Waals surface area (Å²) in [5.74, 6) is -0.921. The van der Waals surface area contributed by atoms with Gasteiger partial charge in [-0.15, -0.1) is 0 Å². The third kappa shape index (κ3) is 7.74. The molecule has 0 atom stereocenters. The molecule has 2 N–H and O–H groups in total. The zero-order chi connectivity index (χ0) is 14.3. The number of rotatable bonds is 7. The van der Waals surface area contributed by atoms with E-state index in [-0.39, 0.29) is 30.5 Å². The van der Waals surface area contributed by atoms with Gasteiger partial charge in [-0.2, -0.15) is 13.2 Å². The monoisotopic (exact) mass is 293 g/mol. The molecule has 0 aliphatic carbocycles. The van der Waals surface area contributed by atoms with E-state index >= 15 is 0 Å². The van der Waals surface area contributed by atoms with Crippen LogP contribution in [-0.4, -0.2) is 28.9 Å². The molecule has 1 rings (SSSR count). The van der Waals surface area contributed by atoms with E-state index in [0.29, 0.717) is 12.1 Å². The molecule has 0 spiro atoms. The van der Waals surface area contributed by atoms with E-state index in [1.807, 2.05) is 0 Å². The summed E-state index contributed by atoms with van der Waals surface area (Å²) in [6.45, 7) is 0.729. The molecule has 7 heteroatoms. The Morgan fingerprint density at radius 3 is 2.32 bits per heavy atom. The van der Waals surface area contributed by atoms with Crippen molar-refractivity contribution in [3.63, 3.8) is 0 Å². The van der Waals surface area contributed by atoms with Gasteiger partial charge in [0.2, 0.25) is 0 Å². The predicted octanol–water partition coefficient (Wildman–Crippen LogP) is 2.66. The van der Waals surface area contributed by atoms with Crippen LogP contribution in [0.2, 0.25) is 0 Å². The first-order valence-electron chi connectivity index (χ1n) is 5.58. The minimum atomic E-state index is -4.18. The van der Waals surface area contributed by atoms with Crippen LogP contribution in [0.1, 0.15) is 11.1 Å². The van der Waals surface area contributed by atoms with Crippen LogP contribution in [0.15, 0.2) is 24.3 Å². The molecule has 0 aromatic heterocycles. The van der Waals surface area contributed by atoms with Crippen LogP contribution in [0.5, 0.6) is 0 Å². The van der Waals surface area contributed by atoms with Crippen molar-refractivity contribution in [1.82, 2.24) is 5.32 Å². The van der Waals surface area contributed by atoms with Gasteiger partial charge in [0, 0.05) is 18.8 Å². The number of halogens is 3. The second-order valence-electron chi connectivity index (χ2n) is 3.86. The Hall–Kier alpha value is -1.21. The molecule has 106 valence electrons. The molecule has 0 heterocycles. The molecular weight excluding hydrogens is 279 g/mol. The average molecular weight is 293 g/mol. The number of hydrogen-bond acceptors (Lipinski definition) is 3. The highest BCUT2D eigenvalue weighted by Gasteiger charge is 2.27. The van der Waals surface area contributed by atoms with Gasteiger partial charge < -0.3 is 10.4 Å². The Morgan fingerprint density at radius 1 is 1.21 bits per heavy atom. The molecule has 19 heavy (non-hydrogen) atoms. The summed E-state index contributed by atoms with van der Waals surface area (Å²) in [5.41, 5.74) is -2.57. The number of nitrogens with one attached hydrogen (secondary N) is 1. The van der Waals surface area contributed by atoms with E-state index < -0.39 is 11.5 Å². The normalized spacial score (nSPS) is 11.5. The maximum atomic E-state index is 11.8. The largest absolute Gasteiger partial charge is 0.481 e. The summed E-state index contributed by atoms with van der Waals surface area (Å²) >= 11 is -0.0498. The first kappa shape index (κ1) is 15.8. The third-order valence-electron chi connectivity index (χ3n) is 2.25. The molecule has 0 radical (unpaired) electrons. The second-order valence-corrected chi connectivity index (χ2v) is 5.02. The highest BCUT2D eigenvalue weighted by atomic mass is 32.2. The lowest BCUT2D eigenvalue weighted by Gasteiger charge is -2.07. The van der Waals surface area contributed by atoms with Crippen LogP contribution < -0.4 is 5.32 Å². The summed E-state index contributed by atoms with van der Waals surface area (Å²) in [5, 5.41) is 11.5. The van der Waals surface area contributed by atoms with E-state index in [1.54, 1.807) is 24.3 Å². The van der Waals surface area contributed by atoms with Gasteiger partial charge in [-0.25, -0.2) is 0 Å². The molecule has 0 fully saturated rings. The lowest BCUT2D eigenvalue weighted by molar-refractivity contribution is -0.136. The summed E-state index contributed by atoms with van der Waals surface area (Å²) in [6.07, 6.45) is -0.0318. The molecule has 0 aliphatic rings. The minimum Gasteiger partial charge on any atom is -0.481 e. The van der Waals surface area contributed by atoms with Gasteiger partial charge >= 0.3 is 11.5 Å². The molecule has 0 aliphatic heterocycles. The highest BCUT2D eigenvalue weighted by Crippen LogP contribution is 2.29. The summed E-state index contributed by atoms with van der Waals surface area (Å²) < 4.78 is 35.5. The van der Waals surface area contributed by atoms with Crippen molar-refractivity contribution in [2.24, 2.45) is 0 Å². The molecule has 0 amide bonds. The minimum absolute atomic E-state index is 0.0272. The number of carboxylic acids is 1. The van der Waals surface area contributed by atoms with Crippen LogP contribution in [-0.2, 0) is 17.8 Å². The maximum Gasteiger partial charge on any atom is 0.441 e. The number of alkyl halides is 3. The van der Waals surface area contributed by atoms with Crippen molar-refractivity contribution in [2.45, 2.75) is 18.5 Å². The molecule has 3 nitrogen and oxygen atoms in total. The van der Waals surface area contributed by atoms with E-state index in [1.165, 1.54) is 0 Å². The summed E-state index contributed by atoms with van der Waals surface area (Å²) in [6, 6.07) is 6.94. The van der Waals surface area contributed by atoms with E-state index in [0.717, 1.165) is 5.56 Å². The van der Waals surface area contributed by atoms with Crippen molar-refractivity contribution in [1.29, 1.82) is 0 Å². The molecular formula is C12H14F3NO2S. The van der Waals surface area contributed by atoms with Gasteiger partial charge in [-0.1, -0.05) is 24.3 Å². The number of aliphatic carboxylic acids is 1. The number of benzene rings is 1. The van der Waals surface area contributed by atoms with E-state index in [4.69, 9.17) is 5.11 Å². The fourth-order valence-electron chi connectivity index (χ4n) is 1.42. The van der Waals surface area contributed by atoms with Crippen molar-refractivity contribution in [3.05, 3.63) is 35.4 Å². The first-order chi connectivity index (χ1) is 8.87. The third-order valence-corrected chi connectivity index (χ3v) is 2.99. The van der Waals surface area contributed by atoms with Crippen molar-refractivity contribution in [2.75, 3.05) is 12.3 Å². The van der Waals surface area contributed by atoms with Gasteiger partial charge in [-0.3, -0.25) is 4.79 Å². The van der Waals surface area contributed by atoms with Crippen LogP contribution in [0.4, 0.5) is 13.2 Å².